The first-order valence-corrected chi connectivity index (χ1v) is 10.5. The van der Waals surface area contributed by atoms with Crippen molar-refractivity contribution >= 4 is 11.2 Å². The van der Waals surface area contributed by atoms with E-state index in [-0.39, 0.29) is 18.2 Å². The predicted molar refractivity (Wildman–Crippen MR) is 119 cm³/mol. The molecule has 1 saturated heterocycles. The number of hydrogen-bond acceptors (Lipinski definition) is 5. The number of nitrogens with zero attached hydrogens (tertiary/aromatic N) is 5. The number of aromatic nitrogens is 4. The zero-order chi connectivity index (χ0) is 22.1. The molecule has 0 saturated carbocycles. The SMILES string of the molecule is N#Cc1cccc(Cn2cnc3c2c(=O)n(CC2CCCO2)c(=O)n3-c2ccccc2)c1. The van der Waals surface area contributed by atoms with Crippen LogP contribution in [0.1, 0.15) is 24.0 Å². The molecule has 0 N–H and O–H groups in total. The quantitative estimate of drug-likeness (QED) is 0.488. The molecule has 0 amide bonds. The van der Waals surface area contributed by atoms with Gasteiger partial charge in [0.1, 0.15) is 0 Å². The van der Waals surface area contributed by atoms with Gasteiger partial charge >= 0.3 is 5.69 Å². The summed E-state index contributed by atoms with van der Waals surface area (Å²) in [6.07, 6.45) is 3.14. The van der Waals surface area contributed by atoms with Crippen LogP contribution in [-0.4, -0.2) is 31.4 Å². The minimum absolute atomic E-state index is 0.161. The van der Waals surface area contributed by atoms with Gasteiger partial charge in [-0.3, -0.25) is 9.36 Å². The molecule has 0 bridgehead atoms. The number of nitriles is 1. The summed E-state index contributed by atoms with van der Waals surface area (Å²) < 4.78 is 10.2. The smallest absolute Gasteiger partial charge is 0.337 e. The molecule has 0 radical (unpaired) electrons. The lowest BCUT2D eigenvalue weighted by Gasteiger charge is -2.15. The zero-order valence-electron chi connectivity index (χ0n) is 17.3. The van der Waals surface area contributed by atoms with E-state index < -0.39 is 5.69 Å². The average Bonchev–Trinajstić information content (AvgIpc) is 3.48. The van der Waals surface area contributed by atoms with Gasteiger partial charge in [0.2, 0.25) is 0 Å². The minimum atomic E-state index is -0.430. The fourth-order valence-corrected chi connectivity index (χ4v) is 4.20. The molecule has 1 aliphatic rings. The Hall–Kier alpha value is -3.96. The largest absolute Gasteiger partial charge is 0.376 e. The van der Waals surface area contributed by atoms with E-state index in [9.17, 15) is 14.9 Å². The van der Waals surface area contributed by atoms with Crippen molar-refractivity contribution in [3.05, 3.63) is 92.9 Å². The molecule has 8 nitrogen and oxygen atoms in total. The fraction of sp³-hybridized carbons (Fsp3) is 0.250. The van der Waals surface area contributed by atoms with Crippen LogP contribution in [0.4, 0.5) is 0 Å². The van der Waals surface area contributed by atoms with Crippen molar-refractivity contribution in [1.29, 1.82) is 5.26 Å². The minimum Gasteiger partial charge on any atom is -0.376 e. The number of hydrogen-bond donors (Lipinski definition) is 0. The highest BCUT2D eigenvalue weighted by molar-refractivity contribution is 5.72. The summed E-state index contributed by atoms with van der Waals surface area (Å²) in [6, 6.07) is 18.5. The van der Waals surface area contributed by atoms with Crippen LogP contribution in [-0.2, 0) is 17.8 Å². The highest BCUT2D eigenvalue weighted by atomic mass is 16.5. The van der Waals surface area contributed by atoms with Crippen LogP contribution in [0.5, 0.6) is 0 Å². The maximum absolute atomic E-state index is 13.5. The van der Waals surface area contributed by atoms with Crippen LogP contribution in [0.25, 0.3) is 16.9 Å². The highest BCUT2D eigenvalue weighted by Gasteiger charge is 2.23. The Morgan fingerprint density at radius 3 is 2.72 bits per heavy atom. The number of fused-ring (bicyclic) bond motifs is 1. The Balaban J connectivity index is 1.71. The fourth-order valence-electron chi connectivity index (χ4n) is 4.20. The Bertz CT molecular complexity index is 1440. The molecular weight excluding hydrogens is 406 g/mol. The monoisotopic (exact) mass is 427 g/mol. The zero-order valence-corrected chi connectivity index (χ0v) is 17.3. The van der Waals surface area contributed by atoms with Gasteiger partial charge in [-0.1, -0.05) is 30.3 Å². The summed E-state index contributed by atoms with van der Waals surface area (Å²) in [6.45, 7) is 1.20. The van der Waals surface area contributed by atoms with E-state index in [4.69, 9.17) is 4.74 Å². The molecule has 0 spiro atoms. The van der Waals surface area contributed by atoms with Crippen LogP contribution in [0.15, 0.2) is 70.5 Å². The first-order chi connectivity index (χ1) is 15.7. The topological polar surface area (TPSA) is 94.8 Å². The van der Waals surface area contributed by atoms with Crippen LogP contribution in [0.2, 0.25) is 0 Å². The molecule has 1 fully saturated rings. The number of ether oxygens (including phenoxy) is 1. The van der Waals surface area contributed by atoms with Gasteiger partial charge in [-0.25, -0.2) is 14.3 Å². The average molecular weight is 427 g/mol. The van der Waals surface area contributed by atoms with Crippen molar-refractivity contribution in [2.24, 2.45) is 0 Å². The van der Waals surface area contributed by atoms with Crippen molar-refractivity contribution < 1.29 is 4.74 Å². The normalized spacial score (nSPS) is 15.8. The van der Waals surface area contributed by atoms with Gasteiger partial charge in [-0.2, -0.15) is 5.26 Å². The Labute approximate surface area is 183 Å². The third-order valence-electron chi connectivity index (χ3n) is 5.73. The molecule has 1 unspecified atom stereocenters. The molecule has 160 valence electrons. The summed E-state index contributed by atoms with van der Waals surface area (Å²) in [5.41, 5.74) is 1.89. The third kappa shape index (κ3) is 3.53. The predicted octanol–water partition coefficient (Wildman–Crippen LogP) is 2.45. The Kier molecular flexibility index (Phi) is 5.17. The second-order valence-corrected chi connectivity index (χ2v) is 7.86. The van der Waals surface area contributed by atoms with Gasteiger partial charge in [-0.05, 0) is 42.7 Å². The van der Waals surface area contributed by atoms with E-state index in [1.54, 1.807) is 23.0 Å². The number of imidazole rings is 1. The molecule has 8 heteroatoms. The van der Waals surface area contributed by atoms with Crippen LogP contribution < -0.4 is 11.2 Å². The maximum atomic E-state index is 13.5. The molecule has 2 aromatic carbocycles. The van der Waals surface area contributed by atoms with E-state index >= 15 is 0 Å². The molecular formula is C24H21N5O3. The van der Waals surface area contributed by atoms with E-state index in [0.29, 0.717) is 35.6 Å². The first kappa shape index (κ1) is 20.0. The summed E-state index contributed by atoms with van der Waals surface area (Å²) in [5.74, 6) is 0. The van der Waals surface area contributed by atoms with Crippen molar-refractivity contribution in [1.82, 2.24) is 18.7 Å². The summed E-state index contributed by atoms with van der Waals surface area (Å²) in [4.78, 5) is 31.4. The molecule has 32 heavy (non-hydrogen) atoms. The number of rotatable bonds is 5. The van der Waals surface area contributed by atoms with Crippen molar-refractivity contribution in [3.63, 3.8) is 0 Å². The van der Waals surface area contributed by atoms with Crippen molar-refractivity contribution in [2.75, 3.05) is 6.61 Å². The van der Waals surface area contributed by atoms with E-state index in [1.165, 1.54) is 9.13 Å². The molecule has 3 heterocycles. The van der Waals surface area contributed by atoms with Crippen molar-refractivity contribution in [3.8, 4) is 11.8 Å². The molecule has 1 aliphatic heterocycles. The molecule has 2 aromatic heterocycles. The van der Waals surface area contributed by atoms with Crippen LogP contribution in [0.3, 0.4) is 0 Å². The lowest BCUT2D eigenvalue weighted by molar-refractivity contribution is 0.0950. The lowest BCUT2D eigenvalue weighted by Crippen LogP contribution is -2.42. The first-order valence-electron chi connectivity index (χ1n) is 10.5. The summed E-state index contributed by atoms with van der Waals surface area (Å²) in [5, 5.41) is 9.20. The Morgan fingerprint density at radius 1 is 1.12 bits per heavy atom. The van der Waals surface area contributed by atoms with E-state index in [1.807, 2.05) is 42.5 Å². The van der Waals surface area contributed by atoms with Gasteiger partial charge in [0.15, 0.2) is 11.2 Å². The van der Waals surface area contributed by atoms with Gasteiger partial charge in [0, 0.05) is 13.2 Å². The third-order valence-corrected chi connectivity index (χ3v) is 5.73. The van der Waals surface area contributed by atoms with Gasteiger partial charge in [0.25, 0.3) is 5.56 Å². The number of benzene rings is 2. The van der Waals surface area contributed by atoms with Gasteiger partial charge < -0.3 is 9.30 Å². The highest BCUT2D eigenvalue weighted by Crippen LogP contribution is 2.17. The van der Waals surface area contributed by atoms with Crippen LogP contribution >= 0.6 is 0 Å². The second-order valence-electron chi connectivity index (χ2n) is 7.86. The number of para-hydroxylation sites is 1. The Morgan fingerprint density at radius 2 is 1.97 bits per heavy atom. The maximum Gasteiger partial charge on any atom is 0.337 e. The van der Waals surface area contributed by atoms with Gasteiger partial charge in [0.05, 0.1) is 36.3 Å². The summed E-state index contributed by atoms with van der Waals surface area (Å²) >= 11 is 0. The summed E-state index contributed by atoms with van der Waals surface area (Å²) in [7, 11) is 0. The van der Waals surface area contributed by atoms with E-state index in [0.717, 1.165) is 18.4 Å². The molecule has 1 atom stereocenters. The molecule has 5 rings (SSSR count). The van der Waals surface area contributed by atoms with Crippen LogP contribution in [0, 0.1) is 11.3 Å². The lowest BCUT2D eigenvalue weighted by atomic mass is 10.1. The van der Waals surface area contributed by atoms with Gasteiger partial charge in [-0.15, -0.1) is 0 Å². The molecule has 4 aromatic rings. The molecule has 0 aliphatic carbocycles. The van der Waals surface area contributed by atoms with E-state index in [2.05, 4.69) is 11.1 Å². The van der Waals surface area contributed by atoms with Crippen molar-refractivity contribution in [2.45, 2.75) is 32.0 Å². The second kappa shape index (κ2) is 8.29. The standard InChI is InChI=1S/C24H21N5O3/c25-13-17-6-4-7-18(12-17)14-27-16-26-22-21(27)23(30)28(15-20-10-5-11-32-20)24(31)29(22)19-8-2-1-3-9-19/h1-4,6-9,12,16,20H,5,10-11,14-15H2.